The van der Waals surface area contributed by atoms with Crippen molar-refractivity contribution in [2.24, 2.45) is 0 Å². The van der Waals surface area contributed by atoms with Crippen LogP contribution in [0.2, 0.25) is 5.02 Å². The first kappa shape index (κ1) is 15.8. The lowest BCUT2D eigenvalue weighted by molar-refractivity contribution is 0.881. The third-order valence-electron chi connectivity index (χ3n) is 4.55. The van der Waals surface area contributed by atoms with Crippen LogP contribution in [0.4, 0.5) is 0 Å². The molecule has 124 valence electrons. The number of nitrogens with zero attached hydrogens (tertiary/aromatic N) is 3. The highest BCUT2D eigenvalue weighted by atomic mass is 35.5. The molecule has 0 atom stereocenters. The van der Waals surface area contributed by atoms with E-state index in [0.29, 0.717) is 0 Å². The zero-order chi connectivity index (χ0) is 17.2. The van der Waals surface area contributed by atoms with E-state index in [1.165, 1.54) is 27.8 Å². The molecule has 0 saturated carbocycles. The minimum atomic E-state index is 0.741. The number of H-pyrrole nitrogens is 1. The molecule has 3 aromatic rings. The molecule has 0 saturated heterocycles. The lowest BCUT2D eigenvalue weighted by Gasteiger charge is -2.04. The second-order valence-electron chi connectivity index (χ2n) is 6.09. The van der Waals surface area contributed by atoms with Crippen molar-refractivity contribution in [3.05, 3.63) is 81.6 Å². The summed E-state index contributed by atoms with van der Waals surface area (Å²) in [6.45, 7) is 2.18. The molecule has 0 spiro atoms. The molecule has 0 bridgehead atoms. The standard InChI is InChI=1S/C20H17ClN4/c1-13-16(9-10-20-22-24-25-23-20)17-7-2-3-8-18(17)19(13)12-14-5-4-6-15(21)11-14/h2-8,11-12H,9-10H2,1H3,(H,22,23,24,25)/b19-12-. The minimum Gasteiger partial charge on any atom is -0.177 e. The van der Waals surface area contributed by atoms with Gasteiger partial charge < -0.3 is 0 Å². The molecular formula is C20H17ClN4. The number of allylic oxidation sites excluding steroid dienone is 3. The van der Waals surface area contributed by atoms with Gasteiger partial charge in [-0.25, -0.2) is 0 Å². The second kappa shape index (κ2) is 6.65. The van der Waals surface area contributed by atoms with E-state index in [0.717, 1.165) is 29.3 Å². The highest BCUT2D eigenvalue weighted by Gasteiger charge is 2.23. The molecule has 1 aromatic heterocycles. The van der Waals surface area contributed by atoms with E-state index in [-0.39, 0.29) is 0 Å². The van der Waals surface area contributed by atoms with Gasteiger partial charge in [0.1, 0.15) is 0 Å². The Kier molecular flexibility index (Phi) is 4.20. The number of fused-ring (bicyclic) bond motifs is 1. The van der Waals surface area contributed by atoms with Crippen molar-refractivity contribution in [2.75, 3.05) is 0 Å². The number of hydrogen-bond acceptors (Lipinski definition) is 3. The molecule has 2 aromatic carbocycles. The van der Waals surface area contributed by atoms with Gasteiger partial charge in [-0.2, -0.15) is 5.21 Å². The fraction of sp³-hybridized carbons (Fsp3) is 0.150. The number of halogens is 1. The molecule has 0 amide bonds. The Labute approximate surface area is 151 Å². The molecular weight excluding hydrogens is 332 g/mol. The third kappa shape index (κ3) is 3.13. The highest BCUT2D eigenvalue weighted by molar-refractivity contribution is 6.30. The highest BCUT2D eigenvalue weighted by Crippen LogP contribution is 2.43. The molecule has 0 unspecified atom stereocenters. The van der Waals surface area contributed by atoms with E-state index < -0.39 is 0 Å². The van der Waals surface area contributed by atoms with Gasteiger partial charge in [-0.1, -0.05) is 53.2 Å². The third-order valence-corrected chi connectivity index (χ3v) is 4.78. The largest absolute Gasteiger partial charge is 0.177 e. The average Bonchev–Trinajstić information content (AvgIpc) is 3.21. The van der Waals surface area contributed by atoms with Crippen LogP contribution in [-0.4, -0.2) is 20.6 Å². The first-order chi connectivity index (χ1) is 12.2. The van der Waals surface area contributed by atoms with E-state index >= 15 is 0 Å². The van der Waals surface area contributed by atoms with E-state index in [2.05, 4.69) is 64.0 Å². The van der Waals surface area contributed by atoms with Gasteiger partial charge in [-0.05, 0) is 65.0 Å². The zero-order valence-electron chi connectivity index (χ0n) is 13.8. The van der Waals surface area contributed by atoms with E-state index in [4.69, 9.17) is 11.6 Å². The number of aryl methyl sites for hydroxylation is 1. The van der Waals surface area contributed by atoms with E-state index in [9.17, 15) is 0 Å². The van der Waals surface area contributed by atoms with Gasteiger partial charge in [-0.3, -0.25) is 0 Å². The Morgan fingerprint density at radius 1 is 1.04 bits per heavy atom. The summed E-state index contributed by atoms with van der Waals surface area (Å²) in [6, 6.07) is 16.5. The van der Waals surface area contributed by atoms with Crippen LogP contribution in [0.3, 0.4) is 0 Å². The van der Waals surface area contributed by atoms with Crippen molar-refractivity contribution in [1.29, 1.82) is 0 Å². The van der Waals surface area contributed by atoms with Crippen molar-refractivity contribution in [3.8, 4) is 0 Å². The summed E-state index contributed by atoms with van der Waals surface area (Å²) < 4.78 is 0. The number of benzene rings is 2. The zero-order valence-corrected chi connectivity index (χ0v) is 14.6. The summed E-state index contributed by atoms with van der Waals surface area (Å²) >= 11 is 6.14. The van der Waals surface area contributed by atoms with Gasteiger partial charge in [-0.15, -0.1) is 10.2 Å². The molecule has 0 radical (unpaired) electrons. The topological polar surface area (TPSA) is 54.5 Å². The van der Waals surface area contributed by atoms with Crippen molar-refractivity contribution in [2.45, 2.75) is 19.8 Å². The molecule has 1 aliphatic rings. The van der Waals surface area contributed by atoms with Gasteiger partial charge in [0.15, 0.2) is 5.82 Å². The molecule has 1 heterocycles. The maximum absolute atomic E-state index is 6.14. The summed E-state index contributed by atoms with van der Waals surface area (Å²) in [5.41, 5.74) is 7.55. The maximum atomic E-state index is 6.14. The SMILES string of the molecule is CC1=C(CCc2nn[nH]n2)c2ccccc2/C1=C\c1cccc(Cl)c1. The number of aromatic nitrogens is 4. The van der Waals surface area contributed by atoms with Gasteiger partial charge in [0.2, 0.25) is 0 Å². The molecule has 0 aliphatic heterocycles. The summed E-state index contributed by atoms with van der Waals surface area (Å²) in [7, 11) is 0. The van der Waals surface area contributed by atoms with Gasteiger partial charge in [0, 0.05) is 11.4 Å². The molecule has 1 N–H and O–H groups in total. The summed E-state index contributed by atoms with van der Waals surface area (Å²) in [5, 5.41) is 15.0. The Morgan fingerprint density at radius 3 is 2.64 bits per heavy atom. The van der Waals surface area contributed by atoms with Crippen LogP contribution in [0.15, 0.2) is 54.1 Å². The normalized spacial score (nSPS) is 15.0. The Hall–Kier alpha value is -2.72. The monoisotopic (exact) mass is 348 g/mol. The number of aromatic amines is 1. The first-order valence-corrected chi connectivity index (χ1v) is 8.59. The minimum absolute atomic E-state index is 0.741. The van der Waals surface area contributed by atoms with Gasteiger partial charge in [0.25, 0.3) is 0 Å². The summed E-state index contributed by atoms with van der Waals surface area (Å²) in [5.74, 6) is 0.741. The number of rotatable bonds is 4. The van der Waals surface area contributed by atoms with Crippen molar-refractivity contribution in [3.63, 3.8) is 0 Å². The fourth-order valence-corrected chi connectivity index (χ4v) is 3.54. The fourth-order valence-electron chi connectivity index (χ4n) is 3.34. The van der Waals surface area contributed by atoms with Crippen LogP contribution in [0, 0.1) is 0 Å². The van der Waals surface area contributed by atoms with Crippen molar-refractivity contribution < 1.29 is 0 Å². The van der Waals surface area contributed by atoms with E-state index in [1.807, 2.05) is 18.2 Å². The Morgan fingerprint density at radius 2 is 1.88 bits per heavy atom. The summed E-state index contributed by atoms with van der Waals surface area (Å²) in [6.07, 6.45) is 3.86. The van der Waals surface area contributed by atoms with E-state index in [1.54, 1.807) is 0 Å². The Balaban J connectivity index is 1.74. The smallest absolute Gasteiger partial charge is 0.174 e. The number of tetrazole rings is 1. The predicted octanol–water partition coefficient (Wildman–Crippen LogP) is 4.81. The number of nitrogens with one attached hydrogen (secondary N) is 1. The van der Waals surface area contributed by atoms with Crippen LogP contribution in [0.1, 0.15) is 35.9 Å². The predicted molar refractivity (Wildman–Crippen MR) is 101 cm³/mol. The first-order valence-electron chi connectivity index (χ1n) is 8.22. The van der Waals surface area contributed by atoms with Crippen molar-refractivity contribution in [1.82, 2.24) is 20.6 Å². The van der Waals surface area contributed by atoms with Crippen LogP contribution in [-0.2, 0) is 6.42 Å². The molecule has 25 heavy (non-hydrogen) atoms. The lowest BCUT2D eigenvalue weighted by Crippen LogP contribution is -1.92. The molecule has 5 heteroatoms. The molecule has 4 rings (SSSR count). The van der Waals surface area contributed by atoms with Gasteiger partial charge >= 0.3 is 0 Å². The summed E-state index contributed by atoms with van der Waals surface area (Å²) in [4.78, 5) is 0. The van der Waals surface area contributed by atoms with Crippen LogP contribution in [0.25, 0.3) is 17.2 Å². The van der Waals surface area contributed by atoms with Crippen molar-refractivity contribution >= 4 is 28.8 Å². The van der Waals surface area contributed by atoms with Crippen LogP contribution in [0.5, 0.6) is 0 Å². The molecule has 0 fully saturated rings. The average molecular weight is 349 g/mol. The van der Waals surface area contributed by atoms with Gasteiger partial charge in [0.05, 0.1) is 0 Å². The van der Waals surface area contributed by atoms with Crippen LogP contribution < -0.4 is 0 Å². The second-order valence-corrected chi connectivity index (χ2v) is 6.53. The quantitative estimate of drug-likeness (QED) is 0.735. The number of hydrogen-bond donors (Lipinski definition) is 1. The van der Waals surface area contributed by atoms with Crippen LogP contribution >= 0.6 is 11.6 Å². The maximum Gasteiger partial charge on any atom is 0.174 e. The molecule has 1 aliphatic carbocycles. The Bertz CT molecular complexity index is 971. The lowest BCUT2D eigenvalue weighted by atomic mass is 10.0. The molecule has 4 nitrogen and oxygen atoms in total.